The second kappa shape index (κ2) is 3.45. The van der Waals surface area contributed by atoms with Crippen LogP contribution in [0.5, 0.6) is 0 Å². The molecule has 0 spiro atoms. The van der Waals surface area contributed by atoms with Gasteiger partial charge in [-0.3, -0.25) is 4.68 Å². The average Bonchev–Trinajstić information content (AvgIpc) is 2.59. The second-order valence-electron chi connectivity index (χ2n) is 3.93. The zero-order chi connectivity index (χ0) is 10.1. The van der Waals surface area contributed by atoms with Gasteiger partial charge in [-0.1, -0.05) is 19.9 Å². The molecule has 74 valence electrons. The molecular weight excluding hydrogens is 172 g/mol. The van der Waals surface area contributed by atoms with E-state index in [0.29, 0.717) is 5.92 Å². The lowest BCUT2D eigenvalue weighted by molar-refractivity contribution is 0.684. The maximum atomic E-state index is 4.33. The Balaban J connectivity index is 2.57. The normalized spacial score (nSPS) is 11.4. The minimum Gasteiger partial charge on any atom is -0.265 e. The zero-order valence-corrected chi connectivity index (χ0v) is 8.99. The van der Waals surface area contributed by atoms with Gasteiger partial charge in [0.2, 0.25) is 0 Å². The maximum absolute atomic E-state index is 4.33. The summed E-state index contributed by atoms with van der Waals surface area (Å²) in [5.74, 6) is 0.587. The lowest BCUT2D eigenvalue weighted by Crippen LogP contribution is -1.95. The number of rotatable bonds is 2. The number of fused-ring (bicyclic) bond motifs is 1. The Labute approximate surface area is 84.5 Å². The highest BCUT2D eigenvalue weighted by Crippen LogP contribution is 2.20. The van der Waals surface area contributed by atoms with E-state index in [1.54, 1.807) is 0 Å². The van der Waals surface area contributed by atoms with E-state index in [2.05, 4.69) is 44.1 Å². The van der Waals surface area contributed by atoms with E-state index in [1.807, 2.05) is 10.9 Å². The van der Waals surface area contributed by atoms with E-state index < -0.39 is 0 Å². The fourth-order valence-corrected chi connectivity index (χ4v) is 1.72. The number of benzene rings is 1. The van der Waals surface area contributed by atoms with Crippen molar-refractivity contribution < 1.29 is 0 Å². The maximum Gasteiger partial charge on any atom is 0.0682 e. The van der Waals surface area contributed by atoms with Crippen molar-refractivity contribution in [3.05, 3.63) is 30.0 Å². The van der Waals surface area contributed by atoms with E-state index in [9.17, 15) is 0 Å². The Hall–Kier alpha value is -1.31. The van der Waals surface area contributed by atoms with Gasteiger partial charge in [-0.15, -0.1) is 0 Å². The fraction of sp³-hybridized carbons (Fsp3) is 0.417. The summed E-state index contributed by atoms with van der Waals surface area (Å²) >= 11 is 0. The minimum atomic E-state index is 0.587. The molecule has 1 heterocycles. The summed E-state index contributed by atoms with van der Waals surface area (Å²) in [6.07, 6.45) is 1.95. The Bertz CT molecular complexity index is 441. The Kier molecular flexibility index (Phi) is 2.28. The highest BCUT2D eigenvalue weighted by atomic mass is 15.3. The number of hydrogen-bond acceptors (Lipinski definition) is 1. The zero-order valence-electron chi connectivity index (χ0n) is 8.99. The molecule has 0 aliphatic heterocycles. The number of aryl methyl sites for hydroxylation is 1. The molecule has 2 heteroatoms. The third-order valence-corrected chi connectivity index (χ3v) is 2.63. The third-order valence-electron chi connectivity index (χ3n) is 2.63. The van der Waals surface area contributed by atoms with E-state index >= 15 is 0 Å². The van der Waals surface area contributed by atoms with Crippen LogP contribution in [-0.2, 0) is 6.54 Å². The van der Waals surface area contributed by atoms with Gasteiger partial charge < -0.3 is 0 Å². The molecule has 0 saturated carbocycles. The summed E-state index contributed by atoms with van der Waals surface area (Å²) in [6, 6.07) is 6.60. The molecule has 1 aromatic carbocycles. The molecule has 0 bridgehead atoms. The van der Waals surface area contributed by atoms with Gasteiger partial charge in [0.25, 0.3) is 0 Å². The van der Waals surface area contributed by atoms with Crippen LogP contribution < -0.4 is 0 Å². The number of hydrogen-bond donors (Lipinski definition) is 0. The highest BCUT2D eigenvalue weighted by Gasteiger charge is 2.04. The predicted octanol–water partition coefficient (Wildman–Crippen LogP) is 3.18. The summed E-state index contributed by atoms with van der Waals surface area (Å²) in [5, 5.41) is 5.58. The molecule has 0 fully saturated rings. The molecule has 0 unspecified atom stereocenters. The SMILES string of the molecule is CCn1ncc2cc(C(C)C)ccc21. The van der Waals surface area contributed by atoms with E-state index in [-0.39, 0.29) is 0 Å². The molecule has 2 aromatic rings. The van der Waals surface area contributed by atoms with Gasteiger partial charge in [-0.05, 0) is 30.5 Å². The molecule has 14 heavy (non-hydrogen) atoms. The molecule has 0 aliphatic rings. The van der Waals surface area contributed by atoms with Crippen LogP contribution in [-0.4, -0.2) is 9.78 Å². The smallest absolute Gasteiger partial charge is 0.0682 e. The molecule has 0 atom stereocenters. The lowest BCUT2D eigenvalue weighted by Gasteiger charge is -2.05. The molecule has 0 radical (unpaired) electrons. The molecule has 0 aliphatic carbocycles. The van der Waals surface area contributed by atoms with Crippen LogP contribution in [0.15, 0.2) is 24.4 Å². The largest absolute Gasteiger partial charge is 0.265 e. The number of nitrogens with zero attached hydrogens (tertiary/aromatic N) is 2. The molecule has 0 saturated heterocycles. The van der Waals surface area contributed by atoms with Crippen LogP contribution in [0.3, 0.4) is 0 Å². The Morgan fingerprint density at radius 1 is 1.36 bits per heavy atom. The van der Waals surface area contributed by atoms with E-state index in [0.717, 1.165) is 6.54 Å². The first-order valence-corrected chi connectivity index (χ1v) is 5.18. The first-order chi connectivity index (χ1) is 6.72. The predicted molar refractivity (Wildman–Crippen MR) is 59.5 cm³/mol. The van der Waals surface area contributed by atoms with Crippen LogP contribution in [0.2, 0.25) is 0 Å². The third kappa shape index (κ3) is 1.41. The molecule has 0 N–H and O–H groups in total. The Morgan fingerprint density at radius 2 is 2.14 bits per heavy atom. The first kappa shape index (κ1) is 9.25. The topological polar surface area (TPSA) is 17.8 Å². The second-order valence-corrected chi connectivity index (χ2v) is 3.93. The quantitative estimate of drug-likeness (QED) is 0.707. The monoisotopic (exact) mass is 188 g/mol. The first-order valence-electron chi connectivity index (χ1n) is 5.18. The average molecular weight is 188 g/mol. The van der Waals surface area contributed by atoms with Crippen LogP contribution >= 0.6 is 0 Å². The molecule has 0 amide bonds. The van der Waals surface area contributed by atoms with Crippen molar-refractivity contribution in [2.75, 3.05) is 0 Å². The van der Waals surface area contributed by atoms with Gasteiger partial charge in [0.15, 0.2) is 0 Å². The van der Waals surface area contributed by atoms with Crippen LogP contribution in [0, 0.1) is 0 Å². The van der Waals surface area contributed by atoms with Crippen LogP contribution in [0.1, 0.15) is 32.3 Å². The fourth-order valence-electron chi connectivity index (χ4n) is 1.72. The van der Waals surface area contributed by atoms with Crippen LogP contribution in [0.25, 0.3) is 10.9 Å². The van der Waals surface area contributed by atoms with Gasteiger partial charge >= 0.3 is 0 Å². The summed E-state index contributed by atoms with van der Waals surface area (Å²) in [6.45, 7) is 7.48. The van der Waals surface area contributed by atoms with Gasteiger partial charge in [-0.25, -0.2) is 0 Å². The minimum absolute atomic E-state index is 0.587. The molecule has 2 rings (SSSR count). The van der Waals surface area contributed by atoms with Crippen molar-refractivity contribution >= 4 is 10.9 Å². The molecular formula is C12H16N2. The number of aromatic nitrogens is 2. The van der Waals surface area contributed by atoms with Crippen molar-refractivity contribution in [2.45, 2.75) is 33.2 Å². The van der Waals surface area contributed by atoms with Gasteiger partial charge in [-0.2, -0.15) is 5.10 Å². The van der Waals surface area contributed by atoms with Crippen molar-refractivity contribution in [1.82, 2.24) is 9.78 Å². The van der Waals surface area contributed by atoms with Crippen molar-refractivity contribution in [3.63, 3.8) is 0 Å². The summed E-state index contributed by atoms with van der Waals surface area (Å²) in [7, 11) is 0. The van der Waals surface area contributed by atoms with Gasteiger partial charge in [0.1, 0.15) is 0 Å². The van der Waals surface area contributed by atoms with Gasteiger partial charge in [0, 0.05) is 11.9 Å². The highest BCUT2D eigenvalue weighted by molar-refractivity contribution is 5.79. The Morgan fingerprint density at radius 3 is 2.79 bits per heavy atom. The summed E-state index contributed by atoms with van der Waals surface area (Å²) < 4.78 is 2.03. The van der Waals surface area contributed by atoms with E-state index in [4.69, 9.17) is 0 Å². The summed E-state index contributed by atoms with van der Waals surface area (Å²) in [4.78, 5) is 0. The van der Waals surface area contributed by atoms with Crippen molar-refractivity contribution in [2.24, 2.45) is 0 Å². The molecule has 1 aromatic heterocycles. The van der Waals surface area contributed by atoms with E-state index in [1.165, 1.54) is 16.5 Å². The van der Waals surface area contributed by atoms with Gasteiger partial charge in [0.05, 0.1) is 11.7 Å². The van der Waals surface area contributed by atoms with Crippen molar-refractivity contribution in [3.8, 4) is 0 Å². The van der Waals surface area contributed by atoms with Crippen molar-refractivity contribution in [1.29, 1.82) is 0 Å². The summed E-state index contributed by atoms with van der Waals surface area (Å²) in [5.41, 5.74) is 2.62. The lowest BCUT2D eigenvalue weighted by atomic mass is 10.0. The molecule has 2 nitrogen and oxygen atoms in total. The van der Waals surface area contributed by atoms with Crippen LogP contribution in [0.4, 0.5) is 0 Å². The standard InChI is InChI=1S/C12H16N2/c1-4-14-12-6-5-10(9(2)3)7-11(12)8-13-14/h5-9H,4H2,1-3H3.